The summed E-state index contributed by atoms with van der Waals surface area (Å²) in [7, 11) is 0. The van der Waals surface area contributed by atoms with Gasteiger partial charge in [0.15, 0.2) is 0 Å². The van der Waals surface area contributed by atoms with Gasteiger partial charge in [-0.15, -0.1) is 0 Å². The van der Waals surface area contributed by atoms with Crippen LogP contribution in [0, 0.1) is 0 Å². The number of rotatable bonds is 13. The number of aliphatic hydroxyl groups is 1. The van der Waals surface area contributed by atoms with Gasteiger partial charge in [-0.25, -0.2) is 0 Å². The smallest absolute Gasteiger partial charge is 0.0617 e. The Balaban J connectivity index is 3.08. The first-order valence-corrected chi connectivity index (χ1v) is 8.34. The molecule has 0 bridgehead atoms. The first kappa shape index (κ1) is 18.0. The average molecular weight is 256 g/mol. The van der Waals surface area contributed by atoms with E-state index in [0.717, 1.165) is 12.8 Å². The molecule has 0 saturated carbocycles. The second-order valence-electron chi connectivity index (χ2n) is 6.14. The van der Waals surface area contributed by atoms with Gasteiger partial charge in [0.05, 0.1) is 5.60 Å². The molecule has 110 valence electrons. The van der Waals surface area contributed by atoms with Crippen molar-refractivity contribution >= 4 is 0 Å². The third kappa shape index (κ3) is 12.4. The Kier molecular flexibility index (Phi) is 12.0. The van der Waals surface area contributed by atoms with E-state index in [9.17, 15) is 5.11 Å². The van der Waals surface area contributed by atoms with Crippen molar-refractivity contribution < 1.29 is 5.11 Å². The van der Waals surface area contributed by atoms with Crippen LogP contribution >= 0.6 is 0 Å². The van der Waals surface area contributed by atoms with E-state index in [2.05, 4.69) is 13.8 Å². The van der Waals surface area contributed by atoms with E-state index in [1.54, 1.807) is 0 Å². The van der Waals surface area contributed by atoms with Crippen molar-refractivity contribution in [2.45, 2.75) is 110 Å². The summed E-state index contributed by atoms with van der Waals surface area (Å²) in [5.41, 5.74) is -0.417. The molecule has 1 unspecified atom stereocenters. The summed E-state index contributed by atoms with van der Waals surface area (Å²) in [5.74, 6) is 0. The van der Waals surface area contributed by atoms with Crippen molar-refractivity contribution in [2.75, 3.05) is 0 Å². The highest BCUT2D eigenvalue weighted by atomic mass is 16.3. The number of unbranched alkanes of at least 4 members (excludes halogenated alkanes) is 10. The molecule has 0 aromatic carbocycles. The van der Waals surface area contributed by atoms with Crippen molar-refractivity contribution in [1.82, 2.24) is 0 Å². The second kappa shape index (κ2) is 12.0. The summed E-state index contributed by atoms with van der Waals surface area (Å²) in [6.45, 7) is 6.30. The van der Waals surface area contributed by atoms with Gasteiger partial charge in [0.25, 0.3) is 0 Å². The lowest BCUT2D eigenvalue weighted by Gasteiger charge is -2.20. The van der Waals surface area contributed by atoms with Crippen LogP contribution in [0.15, 0.2) is 0 Å². The van der Waals surface area contributed by atoms with E-state index < -0.39 is 5.60 Å². The molecule has 0 spiro atoms. The number of hydrogen-bond donors (Lipinski definition) is 1. The molecule has 0 aliphatic heterocycles. The maximum Gasteiger partial charge on any atom is 0.0617 e. The minimum atomic E-state index is -0.417. The van der Waals surface area contributed by atoms with Gasteiger partial charge in [-0.1, -0.05) is 84.5 Å². The van der Waals surface area contributed by atoms with Crippen LogP contribution in [0.4, 0.5) is 0 Å². The fourth-order valence-electron chi connectivity index (χ4n) is 2.35. The third-order valence-electron chi connectivity index (χ3n) is 4.08. The van der Waals surface area contributed by atoms with E-state index in [-0.39, 0.29) is 0 Å². The zero-order valence-corrected chi connectivity index (χ0v) is 13.1. The molecule has 1 N–H and O–H groups in total. The van der Waals surface area contributed by atoms with Crippen molar-refractivity contribution in [3.8, 4) is 0 Å². The highest BCUT2D eigenvalue weighted by Crippen LogP contribution is 2.19. The average Bonchev–Trinajstić information content (AvgIpc) is 2.36. The summed E-state index contributed by atoms with van der Waals surface area (Å²) in [5, 5.41) is 9.87. The van der Waals surface area contributed by atoms with Crippen LogP contribution in [0.2, 0.25) is 0 Å². The van der Waals surface area contributed by atoms with E-state index in [1.165, 1.54) is 70.6 Å². The molecular weight excluding hydrogens is 220 g/mol. The van der Waals surface area contributed by atoms with Gasteiger partial charge < -0.3 is 5.11 Å². The zero-order valence-electron chi connectivity index (χ0n) is 13.1. The molecule has 0 saturated heterocycles. The fraction of sp³-hybridized carbons (Fsp3) is 1.00. The first-order chi connectivity index (χ1) is 8.62. The molecule has 1 heteroatoms. The van der Waals surface area contributed by atoms with Crippen molar-refractivity contribution in [2.24, 2.45) is 0 Å². The van der Waals surface area contributed by atoms with Gasteiger partial charge in [-0.3, -0.25) is 0 Å². The van der Waals surface area contributed by atoms with Crippen LogP contribution < -0.4 is 0 Å². The van der Waals surface area contributed by atoms with Crippen LogP contribution in [0.3, 0.4) is 0 Å². The molecule has 1 nitrogen and oxygen atoms in total. The molecule has 0 aromatic heterocycles. The lowest BCUT2D eigenvalue weighted by atomic mass is 9.95. The van der Waals surface area contributed by atoms with E-state index >= 15 is 0 Å². The second-order valence-corrected chi connectivity index (χ2v) is 6.14. The number of hydrogen-bond acceptors (Lipinski definition) is 1. The van der Waals surface area contributed by atoms with E-state index in [4.69, 9.17) is 0 Å². The maximum absolute atomic E-state index is 9.87. The predicted octanol–water partition coefficient (Wildman–Crippen LogP) is 5.85. The van der Waals surface area contributed by atoms with Crippen molar-refractivity contribution in [3.05, 3.63) is 0 Å². The predicted molar refractivity (Wildman–Crippen MR) is 82.0 cm³/mol. The van der Waals surface area contributed by atoms with Gasteiger partial charge in [-0.2, -0.15) is 0 Å². The molecule has 0 aromatic rings. The summed E-state index contributed by atoms with van der Waals surface area (Å²) < 4.78 is 0. The van der Waals surface area contributed by atoms with E-state index in [1.807, 2.05) is 6.92 Å². The van der Waals surface area contributed by atoms with Crippen molar-refractivity contribution in [3.63, 3.8) is 0 Å². The molecule has 18 heavy (non-hydrogen) atoms. The van der Waals surface area contributed by atoms with Crippen LogP contribution in [-0.4, -0.2) is 10.7 Å². The Labute approximate surface area is 115 Å². The molecule has 0 aliphatic rings. The third-order valence-corrected chi connectivity index (χ3v) is 4.08. The molecule has 0 heterocycles. The topological polar surface area (TPSA) is 20.2 Å². The molecule has 1 atom stereocenters. The molecule has 0 radical (unpaired) electrons. The molecular formula is C17H36O. The van der Waals surface area contributed by atoms with Crippen LogP contribution in [0.1, 0.15) is 104 Å². The highest BCUT2D eigenvalue weighted by molar-refractivity contribution is 4.69. The SMILES string of the molecule is CCCCCCCCCCCCCC(C)(O)CC. The standard InChI is InChI=1S/C17H36O/c1-4-6-7-8-9-10-11-12-13-14-15-16-17(3,18)5-2/h18H,4-16H2,1-3H3. The van der Waals surface area contributed by atoms with Gasteiger partial charge in [0.2, 0.25) is 0 Å². The Morgan fingerprint density at radius 3 is 1.44 bits per heavy atom. The van der Waals surface area contributed by atoms with Crippen LogP contribution in [-0.2, 0) is 0 Å². The lowest BCUT2D eigenvalue weighted by molar-refractivity contribution is 0.0442. The molecule has 0 rings (SSSR count). The fourth-order valence-corrected chi connectivity index (χ4v) is 2.35. The van der Waals surface area contributed by atoms with E-state index in [0.29, 0.717) is 0 Å². The summed E-state index contributed by atoms with van der Waals surface area (Å²) in [6, 6.07) is 0. The zero-order chi connectivity index (χ0) is 13.7. The van der Waals surface area contributed by atoms with Crippen LogP contribution in [0.25, 0.3) is 0 Å². The quantitative estimate of drug-likeness (QED) is 0.410. The maximum atomic E-state index is 9.87. The summed E-state index contributed by atoms with van der Waals surface area (Å²) >= 11 is 0. The Hall–Kier alpha value is -0.0400. The normalized spacial score (nSPS) is 14.7. The minimum Gasteiger partial charge on any atom is -0.390 e. The van der Waals surface area contributed by atoms with Gasteiger partial charge in [0, 0.05) is 0 Å². The Morgan fingerprint density at radius 1 is 0.667 bits per heavy atom. The van der Waals surface area contributed by atoms with Crippen molar-refractivity contribution in [1.29, 1.82) is 0 Å². The van der Waals surface area contributed by atoms with Crippen LogP contribution in [0.5, 0.6) is 0 Å². The van der Waals surface area contributed by atoms with Gasteiger partial charge in [-0.05, 0) is 19.8 Å². The monoisotopic (exact) mass is 256 g/mol. The summed E-state index contributed by atoms with van der Waals surface area (Å²) in [4.78, 5) is 0. The van der Waals surface area contributed by atoms with Gasteiger partial charge in [0.1, 0.15) is 0 Å². The minimum absolute atomic E-state index is 0.417. The first-order valence-electron chi connectivity index (χ1n) is 8.34. The largest absolute Gasteiger partial charge is 0.390 e. The molecule has 0 fully saturated rings. The Bertz CT molecular complexity index is 163. The molecule has 0 amide bonds. The highest BCUT2D eigenvalue weighted by Gasteiger charge is 2.15. The summed E-state index contributed by atoms with van der Waals surface area (Å²) in [6.07, 6.45) is 17.0. The lowest BCUT2D eigenvalue weighted by Crippen LogP contribution is -2.22. The molecule has 0 aliphatic carbocycles. The Morgan fingerprint density at radius 2 is 1.06 bits per heavy atom. The van der Waals surface area contributed by atoms with Gasteiger partial charge >= 0.3 is 0 Å².